The maximum Gasteiger partial charge on any atom is 0.142 e. The van der Waals surface area contributed by atoms with Gasteiger partial charge < -0.3 is 15.6 Å². The molecule has 0 fully saturated rings. The van der Waals surface area contributed by atoms with Crippen LogP contribution in [-0.2, 0) is 0 Å². The van der Waals surface area contributed by atoms with Crippen LogP contribution in [0.5, 0.6) is 11.5 Å². The highest BCUT2D eigenvalue weighted by Crippen LogP contribution is 2.43. The predicted molar refractivity (Wildman–Crippen MR) is 73.3 cm³/mol. The highest BCUT2D eigenvalue weighted by atomic mass is 35.5. The quantitative estimate of drug-likeness (QED) is 0.871. The molecule has 98 valence electrons. The SMILES string of the molecule is COc1ccc(Cl)c(O)c1[C@@H](N)C(C)(C)C.Cl. The van der Waals surface area contributed by atoms with Crippen LogP contribution in [0, 0.1) is 5.41 Å². The summed E-state index contributed by atoms with van der Waals surface area (Å²) in [6.45, 7) is 5.99. The van der Waals surface area contributed by atoms with Crippen molar-refractivity contribution in [1.82, 2.24) is 0 Å². The summed E-state index contributed by atoms with van der Waals surface area (Å²) >= 11 is 5.88. The third kappa shape index (κ3) is 3.41. The lowest BCUT2D eigenvalue weighted by Crippen LogP contribution is -2.26. The average Bonchev–Trinajstić information content (AvgIpc) is 2.19. The zero-order chi connectivity index (χ0) is 12.5. The molecule has 0 saturated heterocycles. The Kier molecular flexibility index (Phi) is 5.59. The van der Waals surface area contributed by atoms with E-state index in [2.05, 4.69) is 0 Å². The van der Waals surface area contributed by atoms with Gasteiger partial charge in [-0.25, -0.2) is 0 Å². The minimum Gasteiger partial charge on any atom is -0.506 e. The van der Waals surface area contributed by atoms with Crippen molar-refractivity contribution in [2.75, 3.05) is 7.11 Å². The second kappa shape index (κ2) is 5.80. The highest BCUT2D eigenvalue weighted by Gasteiger charge is 2.28. The number of halogens is 2. The largest absolute Gasteiger partial charge is 0.506 e. The van der Waals surface area contributed by atoms with E-state index in [9.17, 15) is 5.11 Å². The van der Waals surface area contributed by atoms with Crippen LogP contribution in [0.15, 0.2) is 12.1 Å². The molecular formula is C12H19Cl2NO2. The number of rotatable bonds is 2. The van der Waals surface area contributed by atoms with Gasteiger partial charge in [0.1, 0.15) is 11.5 Å². The van der Waals surface area contributed by atoms with E-state index < -0.39 is 0 Å². The molecule has 0 aliphatic heterocycles. The Labute approximate surface area is 113 Å². The van der Waals surface area contributed by atoms with Gasteiger partial charge >= 0.3 is 0 Å². The van der Waals surface area contributed by atoms with Crippen LogP contribution in [0.1, 0.15) is 32.4 Å². The fourth-order valence-corrected chi connectivity index (χ4v) is 1.64. The fourth-order valence-electron chi connectivity index (χ4n) is 1.47. The first-order valence-electron chi connectivity index (χ1n) is 5.10. The molecule has 0 spiro atoms. The van der Waals surface area contributed by atoms with Crippen LogP contribution < -0.4 is 10.5 Å². The van der Waals surface area contributed by atoms with Gasteiger partial charge in [-0.05, 0) is 17.5 Å². The molecule has 0 heterocycles. The fraction of sp³-hybridized carbons (Fsp3) is 0.500. The molecule has 1 rings (SSSR count). The molecule has 0 aromatic heterocycles. The molecule has 3 N–H and O–H groups in total. The molecule has 0 amide bonds. The smallest absolute Gasteiger partial charge is 0.142 e. The van der Waals surface area contributed by atoms with Crippen LogP contribution in [0.3, 0.4) is 0 Å². The number of nitrogens with two attached hydrogens (primary N) is 1. The first-order chi connectivity index (χ1) is 7.29. The zero-order valence-electron chi connectivity index (χ0n) is 10.5. The van der Waals surface area contributed by atoms with Gasteiger partial charge in [-0.3, -0.25) is 0 Å². The minimum absolute atomic E-state index is 0. The van der Waals surface area contributed by atoms with Crippen molar-refractivity contribution in [1.29, 1.82) is 0 Å². The standard InChI is InChI=1S/C12H18ClNO2.ClH/c1-12(2,3)11(14)9-8(16-4)6-5-7(13)10(9)15;/h5-6,11,15H,14H2,1-4H3;1H/t11-;/m1./s1. The van der Waals surface area contributed by atoms with Gasteiger partial charge in [0.2, 0.25) is 0 Å². The van der Waals surface area contributed by atoms with E-state index in [1.165, 1.54) is 0 Å². The Bertz CT molecular complexity index is 389. The van der Waals surface area contributed by atoms with Gasteiger partial charge in [-0.2, -0.15) is 0 Å². The van der Waals surface area contributed by atoms with Crippen molar-refractivity contribution in [3.05, 3.63) is 22.7 Å². The molecule has 0 radical (unpaired) electrons. The first-order valence-corrected chi connectivity index (χ1v) is 5.47. The predicted octanol–water partition coefficient (Wildman–Crippen LogP) is 3.52. The van der Waals surface area contributed by atoms with E-state index in [1.807, 2.05) is 20.8 Å². The second-order valence-corrected chi connectivity index (χ2v) is 5.26. The summed E-state index contributed by atoms with van der Waals surface area (Å²) in [7, 11) is 1.54. The van der Waals surface area contributed by atoms with Gasteiger partial charge in [0, 0.05) is 6.04 Å². The van der Waals surface area contributed by atoms with Crippen molar-refractivity contribution in [3.63, 3.8) is 0 Å². The van der Waals surface area contributed by atoms with E-state index in [-0.39, 0.29) is 34.6 Å². The maximum absolute atomic E-state index is 9.95. The lowest BCUT2D eigenvalue weighted by molar-refractivity contribution is 0.304. The molecule has 0 aliphatic carbocycles. The van der Waals surface area contributed by atoms with Crippen molar-refractivity contribution in [3.8, 4) is 11.5 Å². The summed E-state index contributed by atoms with van der Waals surface area (Å²) in [5.41, 5.74) is 6.49. The topological polar surface area (TPSA) is 55.5 Å². The van der Waals surface area contributed by atoms with Crippen LogP contribution in [0.2, 0.25) is 5.02 Å². The van der Waals surface area contributed by atoms with E-state index >= 15 is 0 Å². The van der Waals surface area contributed by atoms with Crippen molar-refractivity contribution in [2.45, 2.75) is 26.8 Å². The first kappa shape index (κ1) is 16.4. The molecule has 0 saturated carbocycles. The molecule has 0 unspecified atom stereocenters. The molecule has 3 nitrogen and oxygen atoms in total. The Morgan fingerprint density at radius 1 is 1.35 bits per heavy atom. The van der Waals surface area contributed by atoms with Crippen molar-refractivity contribution >= 4 is 24.0 Å². The van der Waals surface area contributed by atoms with Crippen LogP contribution in [0.25, 0.3) is 0 Å². The van der Waals surface area contributed by atoms with Gasteiger partial charge in [0.05, 0.1) is 17.7 Å². The monoisotopic (exact) mass is 279 g/mol. The number of phenols is 1. The van der Waals surface area contributed by atoms with E-state index in [4.69, 9.17) is 22.1 Å². The average molecular weight is 280 g/mol. The summed E-state index contributed by atoms with van der Waals surface area (Å²) in [6, 6.07) is 2.96. The Balaban J connectivity index is 0.00000256. The third-order valence-corrected chi connectivity index (χ3v) is 2.90. The number of aromatic hydroxyl groups is 1. The summed E-state index contributed by atoms with van der Waals surface area (Å²) in [6.07, 6.45) is 0. The normalized spacial score (nSPS) is 12.8. The van der Waals surface area contributed by atoms with Gasteiger partial charge in [-0.15, -0.1) is 12.4 Å². The third-order valence-electron chi connectivity index (χ3n) is 2.59. The van der Waals surface area contributed by atoms with Crippen LogP contribution in [-0.4, -0.2) is 12.2 Å². The summed E-state index contributed by atoms with van der Waals surface area (Å²) < 4.78 is 5.20. The van der Waals surface area contributed by atoms with Gasteiger partial charge in [0.15, 0.2) is 0 Å². The number of phenolic OH excluding ortho intramolecular Hbond substituents is 1. The number of hydrogen-bond acceptors (Lipinski definition) is 3. The van der Waals surface area contributed by atoms with E-state index in [1.54, 1.807) is 19.2 Å². The molecular weight excluding hydrogens is 261 g/mol. The van der Waals surface area contributed by atoms with Crippen LogP contribution >= 0.6 is 24.0 Å². The summed E-state index contributed by atoms with van der Waals surface area (Å²) in [5, 5.41) is 10.2. The van der Waals surface area contributed by atoms with Crippen molar-refractivity contribution < 1.29 is 9.84 Å². The number of ether oxygens (including phenoxy) is 1. The summed E-state index contributed by atoms with van der Waals surface area (Å²) in [5.74, 6) is 0.563. The molecule has 0 bridgehead atoms. The van der Waals surface area contributed by atoms with Crippen molar-refractivity contribution in [2.24, 2.45) is 11.1 Å². The number of benzene rings is 1. The lowest BCUT2D eigenvalue weighted by atomic mass is 9.82. The summed E-state index contributed by atoms with van der Waals surface area (Å²) in [4.78, 5) is 0. The van der Waals surface area contributed by atoms with E-state index in [0.29, 0.717) is 11.3 Å². The molecule has 1 aromatic carbocycles. The van der Waals surface area contributed by atoms with Gasteiger partial charge in [-0.1, -0.05) is 32.4 Å². The molecule has 17 heavy (non-hydrogen) atoms. The second-order valence-electron chi connectivity index (χ2n) is 4.86. The Hall–Kier alpha value is -0.640. The molecule has 1 aromatic rings. The Morgan fingerprint density at radius 2 is 1.88 bits per heavy atom. The van der Waals surface area contributed by atoms with Crippen LogP contribution in [0.4, 0.5) is 0 Å². The van der Waals surface area contributed by atoms with E-state index in [0.717, 1.165) is 0 Å². The highest BCUT2D eigenvalue weighted by molar-refractivity contribution is 6.32. The van der Waals surface area contributed by atoms with Gasteiger partial charge in [0.25, 0.3) is 0 Å². The number of methoxy groups -OCH3 is 1. The molecule has 1 atom stereocenters. The maximum atomic E-state index is 9.95. The zero-order valence-corrected chi connectivity index (χ0v) is 12.0. The molecule has 0 aliphatic rings. The minimum atomic E-state index is -0.346. The molecule has 5 heteroatoms. The number of hydrogen-bond donors (Lipinski definition) is 2. The lowest BCUT2D eigenvalue weighted by Gasteiger charge is -2.29. The Morgan fingerprint density at radius 3 is 2.29 bits per heavy atom.